The Hall–Kier alpha value is -7.04. The molecule has 0 amide bonds. The lowest BCUT2D eigenvalue weighted by Crippen LogP contribution is -2.41. The average Bonchev–Trinajstić information content (AvgIpc) is 3.98. The van der Waals surface area contributed by atoms with Gasteiger partial charge in [-0.15, -0.1) is 0 Å². The monoisotopic (exact) mass is 866 g/mol. The van der Waals surface area contributed by atoms with Gasteiger partial charge < -0.3 is 9.80 Å². The van der Waals surface area contributed by atoms with Crippen LogP contribution in [0.2, 0.25) is 0 Å². The first kappa shape index (κ1) is 39.2. The number of benzene rings is 4. The van der Waals surface area contributed by atoms with E-state index in [9.17, 15) is 0 Å². The fourth-order valence-corrected chi connectivity index (χ4v) is 13.4. The zero-order valence-electron chi connectivity index (χ0n) is 38.4. The minimum absolute atomic E-state index is 0.0360. The SMILES string of the molecule is CC1(C)C2=CC(N3C4=C(c5ccccc5CC4)C4C=C(C5=CC6c7ccccc7N(c7nc(-c8ccc(-c9ccccc9)cc8)c8c(n7)=CCCC=8)C6C=C5)C=CC43)CC=C2C2=C1C=CCC2. The Bertz CT molecular complexity index is 3380. The van der Waals surface area contributed by atoms with Crippen molar-refractivity contribution in [2.24, 2.45) is 11.3 Å². The molecule has 4 heteroatoms. The van der Waals surface area contributed by atoms with Gasteiger partial charge in [0, 0.05) is 39.4 Å². The van der Waals surface area contributed by atoms with E-state index in [4.69, 9.17) is 9.97 Å². The Kier molecular flexibility index (Phi) is 8.76. The van der Waals surface area contributed by atoms with E-state index in [0.29, 0.717) is 6.04 Å². The van der Waals surface area contributed by atoms with Gasteiger partial charge in [-0.2, -0.15) is 0 Å². The van der Waals surface area contributed by atoms with E-state index < -0.39 is 0 Å². The normalized spacial score (nSPS) is 25.6. The third-order valence-corrected chi connectivity index (χ3v) is 16.5. The van der Waals surface area contributed by atoms with Crippen molar-refractivity contribution in [2.45, 2.75) is 82.8 Å². The van der Waals surface area contributed by atoms with Gasteiger partial charge in [0.05, 0.1) is 29.2 Å². The van der Waals surface area contributed by atoms with Crippen LogP contribution in [0.25, 0.3) is 40.1 Å². The van der Waals surface area contributed by atoms with Crippen LogP contribution in [0.3, 0.4) is 0 Å². The molecule has 2 aliphatic heterocycles. The zero-order valence-corrected chi connectivity index (χ0v) is 38.4. The van der Waals surface area contributed by atoms with Crippen LogP contribution >= 0.6 is 0 Å². The minimum Gasteiger partial charge on any atom is -0.360 e. The largest absolute Gasteiger partial charge is 0.360 e. The summed E-state index contributed by atoms with van der Waals surface area (Å²) in [5, 5.41) is 2.18. The number of para-hydroxylation sites is 1. The standard InChI is InChI=1S/C63H54N4/c1-63(2)53-21-11-8-18-47(53)48-32-31-45(38-54(48)63)66-58-34-30-44(37-52(58)60-46-17-7-6-16-41(46)28-35-59(60)66)43-29-33-57-51(36-43)49-19-10-13-23-56(49)67(57)62-64-55-22-12-9-20-50(55)61(65-62)42-26-24-40(25-27-42)39-14-4-3-5-15-39/h3-7,10-11,13-17,19-27,29-30,32-34,36-38,45,51-52,57-58H,8-9,12,18,28,31,35H2,1-2H3. The number of aromatic nitrogens is 2. The third kappa shape index (κ3) is 5.97. The van der Waals surface area contributed by atoms with E-state index in [2.05, 4.69) is 200 Å². The van der Waals surface area contributed by atoms with Gasteiger partial charge in [0.1, 0.15) is 0 Å². The van der Waals surface area contributed by atoms with E-state index in [0.717, 1.165) is 66.3 Å². The molecule has 14 rings (SSSR count). The van der Waals surface area contributed by atoms with Crippen LogP contribution in [0.15, 0.2) is 203 Å². The molecule has 1 aromatic heterocycles. The first-order valence-electron chi connectivity index (χ1n) is 24.8. The maximum Gasteiger partial charge on any atom is 0.231 e. The lowest BCUT2D eigenvalue weighted by Gasteiger charge is -2.40. The topological polar surface area (TPSA) is 32.3 Å². The second kappa shape index (κ2) is 15.0. The van der Waals surface area contributed by atoms with Gasteiger partial charge in [-0.3, -0.25) is 0 Å². The molecule has 5 aromatic rings. The van der Waals surface area contributed by atoms with Crippen LogP contribution in [0.4, 0.5) is 11.6 Å². The Morgan fingerprint density at radius 3 is 2.25 bits per heavy atom. The molecule has 0 bridgehead atoms. The van der Waals surface area contributed by atoms with Crippen LogP contribution in [0, 0.1) is 11.3 Å². The third-order valence-electron chi connectivity index (χ3n) is 16.5. The van der Waals surface area contributed by atoms with Crippen molar-refractivity contribution in [1.82, 2.24) is 14.9 Å². The van der Waals surface area contributed by atoms with E-state index in [1.807, 2.05) is 0 Å². The average molecular weight is 867 g/mol. The first-order chi connectivity index (χ1) is 33.0. The van der Waals surface area contributed by atoms with Crippen molar-refractivity contribution in [3.05, 3.63) is 230 Å². The van der Waals surface area contributed by atoms with Crippen LogP contribution < -0.4 is 15.5 Å². The summed E-state index contributed by atoms with van der Waals surface area (Å²) in [4.78, 5) is 16.1. The number of nitrogens with zero attached hydrogens (tertiary/aromatic N) is 4. The fraction of sp³-hybridized carbons (Fsp3) is 0.238. The van der Waals surface area contributed by atoms with E-state index in [1.54, 1.807) is 28.0 Å². The van der Waals surface area contributed by atoms with Crippen molar-refractivity contribution in [3.8, 4) is 22.4 Å². The van der Waals surface area contributed by atoms with Crippen molar-refractivity contribution >= 4 is 29.4 Å². The lowest BCUT2D eigenvalue weighted by atomic mass is 9.77. The molecule has 9 aliphatic rings. The highest BCUT2D eigenvalue weighted by molar-refractivity contribution is 5.81. The highest BCUT2D eigenvalue weighted by Crippen LogP contribution is 2.57. The predicted molar refractivity (Wildman–Crippen MR) is 274 cm³/mol. The second-order valence-corrected chi connectivity index (χ2v) is 20.4. The second-order valence-electron chi connectivity index (χ2n) is 20.4. The van der Waals surface area contributed by atoms with E-state index >= 15 is 0 Å². The summed E-state index contributed by atoms with van der Waals surface area (Å²) in [5.74, 6) is 1.21. The number of fused-ring (bicyclic) bond motifs is 10. The maximum atomic E-state index is 5.49. The Labute approximate surface area is 394 Å². The molecule has 0 spiro atoms. The van der Waals surface area contributed by atoms with Crippen LogP contribution in [-0.2, 0) is 6.42 Å². The molecule has 4 aromatic carbocycles. The summed E-state index contributed by atoms with van der Waals surface area (Å²) < 4.78 is 0. The van der Waals surface area contributed by atoms with E-state index in [-0.39, 0.29) is 29.3 Å². The first-order valence-corrected chi connectivity index (χ1v) is 24.8. The number of allylic oxidation sites excluding steroid dienone is 11. The predicted octanol–water partition coefficient (Wildman–Crippen LogP) is 12.7. The summed E-state index contributed by atoms with van der Waals surface area (Å²) in [5.41, 5.74) is 22.0. The zero-order chi connectivity index (χ0) is 44.4. The Morgan fingerprint density at radius 2 is 1.37 bits per heavy atom. The molecular weight excluding hydrogens is 813 g/mol. The van der Waals surface area contributed by atoms with Gasteiger partial charge in [-0.05, 0) is 118 Å². The number of hydrogen-bond donors (Lipinski definition) is 0. The lowest BCUT2D eigenvalue weighted by molar-refractivity contribution is 0.241. The number of aryl methyl sites for hydroxylation is 1. The smallest absolute Gasteiger partial charge is 0.231 e. The van der Waals surface area contributed by atoms with Crippen LogP contribution in [0.5, 0.6) is 0 Å². The van der Waals surface area contributed by atoms with Gasteiger partial charge in [-0.1, -0.05) is 184 Å². The number of anilines is 2. The molecule has 0 N–H and O–H groups in total. The molecule has 4 nitrogen and oxygen atoms in total. The molecule has 5 unspecified atom stereocenters. The van der Waals surface area contributed by atoms with Gasteiger partial charge in [0.2, 0.25) is 5.95 Å². The van der Waals surface area contributed by atoms with Crippen molar-refractivity contribution in [1.29, 1.82) is 0 Å². The summed E-state index contributed by atoms with van der Waals surface area (Å²) in [7, 11) is 0. The van der Waals surface area contributed by atoms with Gasteiger partial charge in [0.15, 0.2) is 0 Å². The Balaban J connectivity index is 0.815. The molecular formula is C63H54N4. The molecule has 3 heterocycles. The fourth-order valence-electron chi connectivity index (χ4n) is 13.4. The summed E-state index contributed by atoms with van der Waals surface area (Å²) >= 11 is 0. The van der Waals surface area contributed by atoms with Gasteiger partial charge in [-0.25, -0.2) is 9.97 Å². The molecule has 0 fully saturated rings. The molecule has 67 heavy (non-hydrogen) atoms. The quantitative estimate of drug-likeness (QED) is 0.176. The van der Waals surface area contributed by atoms with Gasteiger partial charge >= 0.3 is 0 Å². The summed E-state index contributed by atoms with van der Waals surface area (Å²) in [6.07, 6.45) is 37.3. The molecule has 0 saturated heterocycles. The van der Waals surface area contributed by atoms with Crippen molar-refractivity contribution < 1.29 is 0 Å². The number of hydrogen-bond acceptors (Lipinski definition) is 4. The van der Waals surface area contributed by atoms with Crippen LogP contribution in [0.1, 0.15) is 75.0 Å². The minimum atomic E-state index is 0.0360. The highest BCUT2D eigenvalue weighted by atomic mass is 15.3. The Morgan fingerprint density at radius 1 is 0.627 bits per heavy atom. The maximum absolute atomic E-state index is 5.49. The summed E-state index contributed by atoms with van der Waals surface area (Å²) in [6.45, 7) is 4.91. The number of rotatable bonds is 5. The highest BCUT2D eigenvalue weighted by Gasteiger charge is 2.48. The molecule has 0 radical (unpaired) electrons. The van der Waals surface area contributed by atoms with E-state index in [1.165, 1.54) is 56.6 Å². The molecule has 5 atom stereocenters. The van der Waals surface area contributed by atoms with Gasteiger partial charge in [0.25, 0.3) is 0 Å². The summed E-state index contributed by atoms with van der Waals surface area (Å²) in [6, 6.07) is 38.4. The molecule has 7 aliphatic carbocycles. The van der Waals surface area contributed by atoms with Crippen molar-refractivity contribution in [2.75, 3.05) is 4.90 Å². The van der Waals surface area contributed by atoms with Crippen LogP contribution in [-0.4, -0.2) is 33.0 Å². The molecule has 0 saturated carbocycles. The van der Waals surface area contributed by atoms with Crippen molar-refractivity contribution in [3.63, 3.8) is 0 Å². The molecule has 326 valence electrons.